The number of fused-ring (bicyclic) bond motifs is 1. The van der Waals surface area contributed by atoms with E-state index < -0.39 is 29.2 Å². The first-order chi connectivity index (χ1) is 16.6. The molecule has 180 valence electrons. The van der Waals surface area contributed by atoms with E-state index in [9.17, 15) is 26.3 Å². The van der Waals surface area contributed by atoms with E-state index in [1.165, 1.54) is 12.3 Å². The lowest BCUT2D eigenvalue weighted by molar-refractivity contribution is -0.138. The van der Waals surface area contributed by atoms with Gasteiger partial charge < -0.3 is 10.6 Å². The monoisotopic (exact) mass is 492 g/mol. The van der Waals surface area contributed by atoms with Crippen molar-refractivity contribution in [2.75, 3.05) is 10.6 Å². The van der Waals surface area contributed by atoms with Gasteiger partial charge in [-0.05, 0) is 37.1 Å². The van der Waals surface area contributed by atoms with Crippen LogP contribution in [0.3, 0.4) is 0 Å². The van der Waals surface area contributed by atoms with Gasteiger partial charge in [-0.3, -0.25) is 0 Å². The average Bonchev–Trinajstić information content (AvgIpc) is 3.62. The molecule has 1 fully saturated rings. The molecule has 35 heavy (non-hydrogen) atoms. The Bertz CT molecular complexity index is 1380. The predicted octanol–water partition coefficient (Wildman–Crippen LogP) is 5.23. The summed E-state index contributed by atoms with van der Waals surface area (Å²) in [5.41, 5.74) is -2.15. The highest BCUT2D eigenvalue weighted by Crippen LogP contribution is 2.37. The van der Waals surface area contributed by atoms with Crippen molar-refractivity contribution in [1.82, 2.24) is 30.1 Å². The Morgan fingerprint density at radius 3 is 2.29 bits per heavy atom. The van der Waals surface area contributed by atoms with E-state index in [2.05, 4.69) is 40.8 Å². The van der Waals surface area contributed by atoms with Crippen molar-refractivity contribution in [3.05, 3.63) is 54.0 Å². The lowest BCUT2D eigenvalue weighted by Crippen LogP contribution is -2.13. The van der Waals surface area contributed by atoms with Gasteiger partial charge in [-0.1, -0.05) is 0 Å². The third-order valence-electron chi connectivity index (χ3n) is 5.07. The van der Waals surface area contributed by atoms with E-state index in [0.717, 1.165) is 37.2 Å². The summed E-state index contributed by atoms with van der Waals surface area (Å²) in [5, 5.41) is 13.3. The summed E-state index contributed by atoms with van der Waals surface area (Å²) in [7, 11) is 0. The van der Waals surface area contributed by atoms with E-state index in [1.807, 2.05) is 0 Å². The van der Waals surface area contributed by atoms with Gasteiger partial charge in [0, 0.05) is 18.4 Å². The summed E-state index contributed by atoms with van der Waals surface area (Å²) in [6.45, 7) is 0. The van der Waals surface area contributed by atoms with E-state index in [4.69, 9.17) is 0 Å². The van der Waals surface area contributed by atoms with Gasteiger partial charge in [-0.2, -0.15) is 26.3 Å². The molecular weight excluding hydrogens is 478 g/mol. The number of aromatic nitrogens is 6. The fraction of sp³-hybridized carbons (Fsp3) is 0.238. The fourth-order valence-electron chi connectivity index (χ4n) is 3.21. The molecule has 0 atom stereocenters. The summed E-state index contributed by atoms with van der Waals surface area (Å²) in [6, 6.07) is 4.45. The van der Waals surface area contributed by atoms with E-state index in [1.54, 1.807) is 0 Å². The minimum atomic E-state index is -4.72. The molecule has 1 aliphatic rings. The van der Waals surface area contributed by atoms with Crippen LogP contribution in [0.2, 0.25) is 0 Å². The van der Waals surface area contributed by atoms with Gasteiger partial charge in [0.1, 0.15) is 28.5 Å². The molecule has 4 aromatic rings. The van der Waals surface area contributed by atoms with Gasteiger partial charge in [0.2, 0.25) is 0 Å². The molecule has 4 heterocycles. The van der Waals surface area contributed by atoms with Gasteiger partial charge in [0.05, 0.1) is 23.0 Å². The molecule has 0 aliphatic heterocycles. The van der Waals surface area contributed by atoms with Crippen LogP contribution in [0.1, 0.15) is 24.0 Å². The number of rotatable bonds is 5. The Balaban J connectivity index is 1.48. The van der Waals surface area contributed by atoms with Crippen LogP contribution in [0.5, 0.6) is 0 Å². The normalized spacial score (nSPS) is 14.2. The number of hydrogen-bond donors (Lipinski definition) is 2. The summed E-state index contributed by atoms with van der Waals surface area (Å²) in [5.74, 6) is 0.117. The van der Waals surface area contributed by atoms with Crippen LogP contribution in [0.4, 0.5) is 43.7 Å². The van der Waals surface area contributed by atoms with Gasteiger partial charge in [-0.15, -0.1) is 10.2 Å². The Labute approximate surface area is 192 Å². The second kappa shape index (κ2) is 8.29. The fourth-order valence-corrected chi connectivity index (χ4v) is 3.21. The maximum absolute atomic E-state index is 13.7. The molecule has 5 rings (SSSR count). The second-order valence-electron chi connectivity index (χ2n) is 7.75. The van der Waals surface area contributed by atoms with Crippen molar-refractivity contribution in [2.24, 2.45) is 0 Å². The van der Waals surface area contributed by atoms with Gasteiger partial charge >= 0.3 is 12.4 Å². The summed E-state index contributed by atoms with van der Waals surface area (Å²) < 4.78 is 79.5. The number of pyridine rings is 2. The van der Waals surface area contributed by atoms with Gasteiger partial charge in [-0.25, -0.2) is 19.9 Å². The highest BCUT2D eigenvalue weighted by Gasteiger charge is 2.37. The molecule has 0 spiro atoms. The first-order valence-corrected chi connectivity index (χ1v) is 10.2. The molecule has 0 bridgehead atoms. The molecule has 0 saturated heterocycles. The van der Waals surface area contributed by atoms with Crippen molar-refractivity contribution in [1.29, 1.82) is 0 Å². The molecular formula is C21H14F6N8. The minimum Gasteiger partial charge on any atom is -0.366 e. The molecule has 1 saturated carbocycles. The van der Waals surface area contributed by atoms with Crippen LogP contribution in [0.25, 0.3) is 22.6 Å². The third kappa shape index (κ3) is 4.90. The maximum Gasteiger partial charge on any atom is 0.418 e. The largest absolute Gasteiger partial charge is 0.418 e. The summed E-state index contributed by atoms with van der Waals surface area (Å²) in [6.07, 6.45) is -4.44. The number of nitrogens with one attached hydrogen (secondary N) is 2. The number of hydrogen-bond acceptors (Lipinski definition) is 8. The minimum absolute atomic E-state index is 0.00508. The number of nitrogens with zero attached hydrogens (tertiary/aromatic N) is 6. The second-order valence-corrected chi connectivity index (χ2v) is 7.75. The summed E-state index contributed by atoms with van der Waals surface area (Å²) >= 11 is 0. The molecule has 1 aliphatic carbocycles. The zero-order valence-corrected chi connectivity index (χ0v) is 17.5. The topological polar surface area (TPSA) is 101 Å². The van der Waals surface area contributed by atoms with Crippen LogP contribution in [-0.4, -0.2) is 36.2 Å². The molecule has 0 unspecified atom stereocenters. The summed E-state index contributed by atoms with van der Waals surface area (Å²) in [4.78, 5) is 16.1. The molecule has 0 amide bonds. The van der Waals surface area contributed by atoms with Crippen LogP contribution in [0.15, 0.2) is 42.9 Å². The Kier molecular flexibility index (Phi) is 5.37. The van der Waals surface area contributed by atoms with E-state index >= 15 is 0 Å². The van der Waals surface area contributed by atoms with E-state index in [-0.39, 0.29) is 34.5 Å². The van der Waals surface area contributed by atoms with Crippen LogP contribution in [0, 0.1) is 0 Å². The van der Waals surface area contributed by atoms with Crippen LogP contribution in [-0.2, 0) is 12.4 Å². The first-order valence-electron chi connectivity index (χ1n) is 10.2. The molecule has 0 aromatic carbocycles. The molecule has 14 heteroatoms. The highest BCUT2D eigenvalue weighted by molar-refractivity contribution is 5.87. The van der Waals surface area contributed by atoms with Gasteiger partial charge in [0.15, 0.2) is 5.65 Å². The van der Waals surface area contributed by atoms with E-state index in [0.29, 0.717) is 11.9 Å². The quantitative estimate of drug-likeness (QED) is 0.365. The molecule has 2 N–H and O–H groups in total. The van der Waals surface area contributed by atoms with Crippen molar-refractivity contribution in [3.8, 4) is 11.4 Å². The third-order valence-corrected chi connectivity index (χ3v) is 5.07. The number of anilines is 3. The van der Waals surface area contributed by atoms with Crippen LogP contribution >= 0.6 is 0 Å². The standard InChI is InChI=1S/C21H14F6N8/c22-20(23,24)10-1-4-15(29-8-10)32-13-5-6-28-19-18(13)30-9-14(33-19)17-12(21(25,26)27)7-16(34-35-17)31-11-2-3-11/h1,4-9,11H,2-3H2,(H,31,34)(H,28,29,32,33). The SMILES string of the molecule is FC(F)(F)c1ccc(Nc2ccnc3nc(-c4nnc(NC5CC5)cc4C(F)(F)F)cnc23)nc1. The number of alkyl halides is 6. The zero-order chi connectivity index (χ0) is 24.8. The maximum atomic E-state index is 13.7. The lowest BCUT2D eigenvalue weighted by Gasteiger charge is -2.13. The highest BCUT2D eigenvalue weighted by atomic mass is 19.4. The Hall–Kier alpha value is -4.10. The predicted molar refractivity (Wildman–Crippen MR) is 113 cm³/mol. The van der Waals surface area contributed by atoms with Gasteiger partial charge in [0.25, 0.3) is 0 Å². The first kappa shape index (κ1) is 22.7. The smallest absolute Gasteiger partial charge is 0.366 e. The zero-order valence-electron chi connectivity index (χ0n) is 17.5. The molecule has 0 radical (unpaired) electrons. The Morgan fingerprint density at radius 1 is 0.829 bits per heavy atom. The molecule has 4 aromatic heterocycles. The lowest BCUT2D eigenvalue weighted by atomic mass is 10.1. The van der Waals surface area contributed by atoms with Crippen molar-refractivity contribution >= 4 is 28.5 Å². The average molecular weight is 492 g/mol. The van der Waals surface area contributed by atoms with Crippen LogP contribution < -0.4 is 10.6 Å². The number of halogens is 6. The van der Waals surface area contributed by atoms with Crippen molar-refractivity contribution < 1.29 is 26.3 Å². The Morgan fingerprint density at radius 2 is 1.63 bits per heavy atom. The van der Waals surface area contributed by atoms with Crippen molar-refractivity contribution in [3.63, 3.8) is 0 Å². The molecule has 8 nitrogen and oxygen atoms in total. The van der Waals surface area contributed by atoms with Crippen molar-refractivity contribution in [2.45, 2.75) is 31.2 Å².